The number of carbonyl (C=O) groups excluding carboxylic acids is 2. The summed E-state index contributed by atoms with van der Waals surface area (Å²) in [5.41, 5.74) is 1.16. The Morgan fingerprint density at radius 1 is 0.821 bits per heavy atom. The molecule has 8 nitrogen and oxygen atoms in total. The Bertz CT molecular complexity index is 808. The van der Waals surface area contributed by atoms with Crippen LogP contribution >= 0.6 is 0 Å². The molecule has 0 fully saturated rings. The molecular formula is C20H25N3O5. The van der Waals surface area contributed by atoms with Gasteiger partial charge in [-0.25, -0.2) is 0 Å². The highest BCUT2D eigenvalue weighted by molar-refractivity contribution is 5.95. The van der Waals surface area contributed by atoms with Gasteiger partial charge in [-0.05, 0) is 43.4 Å². The molecule has 150 valence electrons. The number of carbonyl (C=O) groups is 2. The maximum atomic E-state index is 12.3. The fourth-order valence-electron chi connectivity index (χ4n) is 2.52. The molecule has 0 bridgehead atoms. The van der Waals surface area contributed by atoms with Crippen LogP contribution in [0.1, 0.15) is 0 Å². The number of benzene rings is 2. The first-order chi connectivity index (χ1) is 13.4. The lowest BCUT2D eigenvalue weighted by Gasteiger charge is -2.17. The van der Waals surface area contributed by atoms with Crippen molar-refractivity contribution in [1.82, 2.24) is 4.90 Å². The van der Waals surface area contributed by atoms with Crippen molar-refractivity contribution in [2.75, 3.05) is 52.1 Å². The molecule has 0 atom stereocenters. The van der Waals surface area contributed by atoms with Gasteiger partial charge in [-0.2, -0.15) is 0 Å². The van der Waals surface area contributed by atoms with Crippen molar-refractivity contribution < 1.29 is 23.8 Å². The highest BCUT2D eigenvalue weighted by Gasteiger charge is 2.13. The van der Waals surface area contributed by atoms with Crippen LogP contribution < -0.4 is 24.8 Å². The minimum Gasteiger partial charge on any atom is -0.497 e. The second-order valence-corrected chi connectivity index (χ2v) is 6.06. The summed E-state index contributed by atoms with van der Waals surface area (Å²) >= 11 is 0. The molecule has 0 aromatic heterocycles. The minimum atomic E-state index is -0.272. The number of nitrogens with zero attached hydrogens (tertiary/aromatic N) is 1. The van der Waals surface area contributed by atoms with E-state index in [1.165, 1.54) is 7.11 Å². The molecule has 8 heteroatoms. The Morgan fingerprint density at radius 2 is 1.39 bits per heavy atom. The van der Waals surface area contributed by atoms with Crippen LogP contribution in [0, 0.1) is 0 Å². The topological polar surface area (TPSA) is 89.1 Å². The lowest BCUT2D eigenvalue weighted by molar-refractivity contribution is -0.119. The average Bonchev–Trinajstić information content (AvgIpc) is 2.68. The molecule has 0 unspecified atom stereocenters. The maximum Gasteiger partial charge on any atom is 0.238 e. The highest BCUT2D eigenvalue weighted by atomic mass is 16.5. The molecule has 0 aliphatic heterocycles. The highest BCUT2D eigenvalue weighted by Crippen LogP contribution is 2.28. The summed E-state index contributed by atoms with van der Waals surface area (Å²) in [6.45, 7) is 0.102. The van der Waals surface area contributed by atoms with Crippen molar-refractivity contribution in [3.63, 3.8) is 0 Å². The fourth-order valence-corrected chi connectivity index (χ4v) is 2.52. The summed E-state index contributed by atoms with van der Waals surface area (Å²) in [6.07, 6.45) is 0. The molecule has 0 saturated carbocycles. The maximum absolute atomic E-state index is 12.3. The van der Waals surface area contributed by atoms with Crippen LogP contribution in [-0.2, 0) is 9.59 Å². The van der Waals surface area contributed by atoms with Crippen LogP contribution in [0.15, 0.2) is 42.5 Å². The Balaban J connectivity index is 1.87. The molecule has 28 heavy (non-hydrogen) atoms. The zero-order chi connectivity index (χ0) is 20.5. The summed E-state index contributed by atoms with van der Waals surface area (Å²) in [6, 6.07) is 12.1. The number of nitrogens with one attached hydrogen (secondary N) is 2. The number of likely N-dealkylation sites (N-methyl/N-ethyl adjacent to an activating group) is 1. The molecular weight excluding hydrogens is 362 g/mol. The van der Waals surface area contributed by atoms with Gasteiger partial charge in [0.2, 0.25) is 11.8 Å². The number of hydrogen-bond acceptors (Lipinski definition) is 6. The monoisotopic (exact) mass is 387 g/mol. The Kier molecular flexibility index (Phi) is 7.65. The normalized spacial score (nSPS) is 10.3. The molecule has 0 saturated heterocycles. The third-order valence-corrected chi connectivity index (χ3v) is 3.88. The Labute approximate surface area is 164 Å². The zero-order valence-corrected chi connectivity index (χ0v) is 16.4. The van der Waals surface area contributed by atoms with Gasteiger partial charge < -0.3 is 24.8 Å². The van der Waals surface area contributed by atoms with Crippen molar-refractivity contribution in [3.8, 4) is 17.2 Å². The van der Waals surface area contributed by atoms with Gasteiger partial charge in [0.15, 0.2) is 0 Å². The van der Waals surface area contributed by atoms with Gasteiger partial charge in [-0.3, -0.25) is 14.5 Å². The molecule has 0 heterocycles. The standard InChI is InChI=1S/C20H25N3O5/c1-23(12-19(24)21-14-5-7-15(26-2)8-6-14)13-20(25)22-17-11-16(27-3)9-10-18(17)28-4/h5-11H,12-13H2,1-4H3,(H,21,24)(H,22,25). The second kappa shape index (κ2) is 10.2. The van der Waals surface area contributed by atoms with E-state index in [0.717, 1.165) is 0 Å². The van der Waals surface area contributed by atoms with Crippen LogP contribution in [0.25, 0.3) is 0 Å². The van der Waals surface area contributed by atoms with Gasteiger partial charge in [0, 0.05) is 11.8 Å². The van der Waals surface area contributed by atoms with Gasteiger partial charge in [-0.15, -0.1) is 0 Å². The summed E-state index contributed by atoms with van der Waals surface area (Å²) in [5, 5.41) is 5.55. The number of amides is 2. The number of hydrogen-bond donors (Lipinski definition) is 2. The third-order valence-electron chi connectivity index (χ3n) is 3.88. The fraction of sp³-hybridized carbons (Fsp3) is 0.300. The summed E-state index contributed by atoms with van der Waals surface area (Å²) < 4.78 is 15.5. The van der Waals surface area contributed by atoms with Crippen LogP contribution in [-0.4, -0.2) is 58.2 Å². The van der Waals surface area contributed by atoms with Gasteiger partial charge >= 0.3 is 0 Å². The summed E-state index contributed by atoms with van der Waals surface area (Å²) in [4.78, 5) is 26.1. The molecule has 0 aliphatic carbocycles. The molecule has 2 aromatic rings. The number of methoxy groups -OCH3 is 3. The SMILES string of the molecule is COc1ccc(NC(=O)CN(C)CC(=O)Nc2cc(OC)ccc2OC)cc1. The third kappa shape index (κ3) is 6.17. The molecule has 2 aromatic carbocycles. The van der Waals surface area contributed by atoms with E-state index >= 15 is 0 Å². The quantitative estimate of drug-likeness (QED) is 0.686. The molecule has 0 spiro atoms. The minimum absolute atomic E-state index is 0.0381. The van der Waals surface area contributed by atoms with Crippen molar-refractivity contribution in [2.45, 2.75) is 0 Å². The smallest absolute Gasteiger partial charge is 0.238 e. The van der Waals surface area contributed by atoms with Crippen LogP contribution in [0.4, 0.5) is 11.4 Å². The van der Waals surface area contributed by atoms with E-state index in [1.807, 2.05) is 0 Å². The summed E-state index contributed by atoms with van der Waals surface area (Å²) in [5.74, 6) is 1.34. The van der Waals surface area contributed by atoms with E-state index in [-0.39, 0.29) is 24.9 Å². The van der Waals surface area contributed by atoms with E-state index in [1.54, 1.807) is 68.6 Å². The Morgan fingerprint density at radius 3 is 1.96 bits per heavy atom. The predicted octanol–water partition coefficient (Wildman–Crippen LogP) is 2.22. The molecule has 2 N–H and O–H groups in total. The van der Waals surface area contributed by atoms with E-state index in [0.29, 0.717) is 28.6 Å². The first-order valence-corrected chi connectivity index (χ1v) is 8.59. The summed E-state index contributed by atoms with van der Waals surface area (Å²) in [7, 11) is 6.33. The lowest BCUT2D eigenvalue weighted by atomic mass is 10.2. The van der Waals surface area contributed by atoms with Crippen LogP contribution in [0.5, 0.6) is 17.2 Å². The zero-order valence-electron chi connectivity index (χ0n) is 16.4. The van der Waals surface area contributed by atoms with Crippen LogP contribution in [0.2, 0.25) is 0 Å². The number of anilines is 2. The van der Waals surface area contributed by atoms with Gasteiger partial charge in [0.05, 0.1) is 40.1 Å². The number of rotatable bonds is 9. The first-order valence-electron chi connectivity index (χ1n) is 8.59. The second-order valence-electron chi connectivity index (χ2n) is 6.06. The van der Waals surface area contributed by atoms with E-state index in [2.05, 4.69) is 10.6 Å². The Hall–Kier alpha value is -3.26. The van der Waals surface area contributed by atoms with E-state index < -0.39 is 0 Å². The number of ether oxygens (including phenoxy) is 3. The van der Waals surface area contributed by atoms with E-state index in [9.17, 15) is 9.59 Å². The molecule has 2 rings (SSSR count). The van der Waals surface area contributed by atoms with E-state index in [4.69, 9.17) is 14.2 Å². The van der Waals surface area contributed by atoms with Gasteiger partial charge in [0.25, 0.3) is 0 Å². The van der Waals surface area contributed by atoms with Crippen molar-refractivity contribution in [1.29, 1.82) is 0 Å². The van der Waals surface area contributed by atoms with Crippen molar-refractivity contribution in [2.24, 2.45) is 0 Å². The average molecular weight is 387 g/mol. The van der Waals surface area contributed by atoms with Gasteiger partial charge in [0.1, 0.15) is 17.2 Å². The molecule has 0 radical (unpaired) electrons. The largest absolute Gasteiger partial charge is 0.497 e. The predicted molar refractivity (Wildman–Crippen MR) is 107 cm³/mol. The molecule has 0 aliphatic rings. The van der Waals surface area contributed by atoms with Gasteiger partial charge in [-0.1, -0.05) is 0 Å². The first kappa shape index (κ1) is 21.0. The van der Waals surface area contributed by atoms with Crippen molar-refractivity contribution >= 4 is 23.2 Å². The molecule has 2 amide bonds. The van der Waals surface area contributed by atoms with Crippen molar-refractivity contribution in [3.05, 3.63) is 42.5 Å². The lowest BCUT2D eigenvalue weighted by Crippen LogP contribution is -2.36. The van der Waals surface area contributed by atoms with Crippen LogP contribution in [0.3, 0.4) is 0 Å².